The fourth-order valence-corrected chi connectivity index (χ4v) is 1.64. The maximum absolute atomic E-state index is 13.4. The third-order valence-electron chi connectivity index (χ3n) is 2.12. The van der Waals surface area contributed by atoms with E-state index in [1.54, 1.807) is 12.1 Å². The lowest BCUT2D eigenvalue weighted by atomic mass is 10.2. The van der Waals surface area contributed by atoms with E-state index in [0.29, 0.717) is 5.69 Å². The van der Waals surface area contributed by atoms with E-state index >= 15 is 0 Å². The van der Waals surface area contributed by atoms with E-state index in [-0.39, 0.29) is 17.2 Å². The molecule has 2 rings (SSSR count). The molecule has 0 bridgehead atoms. The summed E-state index contributed by atoms with van der Waals surface area (Å²) in [5.74, 6) is -0.235. The summed E-state index contributed by atoms with van der Waals surface area (Å²) >= 11 is 3.22. The molecule has 0 spiro atoms. The first-order valence-corrected chi connectivity index (χ1v) is 5.68. The Morgan fingerprint density at radius 2 is 2.17 bits per heavy atom. The number of benzene rings is 1. The molecule has 6 heteroatoms. The fourth-order valence-electron chi connectivity index (χ4n) is 1.29. The molecule has 18 heavy (non-hydrogen) atoms. The number of anilines is 1. The number of nitrogen functional groups attached to an aromatic ring is 1. The molecule has 4 nitrogen and oxygen atoms in total. The van der Waals surface area contributed by atoms with Crippen molar-refractivity contribution in [3.05, 3.63) is 46.3 Å². The molecule has 2 N–H and O–H groups in total. The van der Waals surface area contributed by atoms with E-state index in [1.807, 2.05) is 0 Å². The van der Waals surface area contributed by atoms with Crippen molar-refractivity contribution < 1.29 is 9.13 Å². The molecule has 1 heterocycles. The van der Waals surface area contributed by atoms with Gasteiger partial charge in [0, 0.05) is 16.7 Å². The van der Waals surface area contributed by atoms with Crippen molar-refractivity contribution in [2.75, 3.05) is 5.73 Å². The molecule has 0 fully saturated rings. The second kappa shape index (κ2) is 5.02. The van der Waals surface area contributed by atoms with Gasteiger partial charge in [0.05, 0.1) is 11.3 Å². The molecular weight excluding hydrogens is 301 g/mol. The molecule has 2 aromatic rings. The summed E-state index contributed by atoms with van der Waals surface area (Å²) in [7, 11) is 0. The van der Waals surface area contributed by atoms with Gasteiger partial charge in [-0.3, -0.25) is 0 Å². The van der Waals surface area contributed by atoms with Crippen LogP contribution < -0.4 is 10.5 Å². The van der Waals surface area contributed by atoms with Crippen molar-refractivity contribution >= 4 is 21.6 Å². The van der Waals surface area contributed by atoms with Crippen LogP contribution in [-0.2, 0) is 0 Å². The van der Waals surface area contributed by atoms with Crippen molar-refractivity contribution in [3.63, 3.8) is 0 Å². The van der Waals surface area contributed by atoms with E-state index in [0.717, 1.165) is 10.5 Å². The number of hydrogen-bond acceptors (Lipinski definition) is 4. The first-order chi connectivity index (χ1) is 8.60. The van der Waals surface area contributed by atoms with Gasteiger partial charge in [0.1, 0.15) is 17.6 Å². The van der Waals surface area contributed by atoms with Crippen molar-refractivity contribution in [3.8, 4) is 17.7 Å². The first-order valence-electron chi connectivity index (χ1n) is 4.88. The second-order valence-electron chi connectivity index (χ2n) is 3.40. The highest BCUT2D eigenvalue weighted by Gasteiger charge is 2.07. The van der Waals surface area contributed by atoms with Crippen molar-refractivity contribution in [2.45, 2.75) is 0 Å². The Hall–Kier alpha value is -2.13. The van der Waals surface area contributed by atoms with Crippen LogP contribution in [0.25, 0.3) is 0 Å². The van der Waals surface area contributed by atoms with E-state index in [1.165, 1.54) is 18.3 Å². The first kappa shape index (κ1) is 12.3. The standard InChI is InChI=1S/C12H7BrFN3O/c13-8-3-11(16)12(17-6-8)18-9-2-1-7(5-15)10(14)4-9/h1-4,6H,16H2. The molecule has 1 aromatic carbocycles. The molecule has 1 aromatic heterocycles. The van der Waals surface area contributed by atoms with Gasteiger partial charge in [-0.1, -0.05) is 0 Å². The summed E-state index contributed by atoms with van der Waals surface area (Å²) in [6.07, 6.45) is 1.52. The lowest BCUT2D eigenvalue weighted by Gasteiger charge is -2.07. The number of rotatable bonds is 2. The quantitative estimate of drug-likeness (QED) is 0.924. The molecule has 90 valence electrons. The van der Waals surface area contributed by atoms with E-state index < -0.39 is 5.82 Å². The number of hydrogen-bond donors (Lipinski definition) is 1. The van der Waals surface area contributed by atoms with Crippen LogP contribution in [0.5, 0.6) is 11.6 Å². The Kier molecular flexibility index (Phi) is 3.44. The van der Waals surface area contributed by atoms with Crippen LogP contribution in [0.3, 0.4) is 0 Å². The van der Waals surface area contributed by atoms with Gasteiger partial charge in [-0.05, 0) is 34.1 Å². The average molecular weight is 308 g/mol. The minimum absolute atomic E-state index is 0.0425. The third-order valence-corrected chi connectivity index (χ3v) is 2.55. The number of nitrogens with zero attached hydrogens (tertiary/aromatic N) is 2. The number of nitriles is 1. The predicted molar refractivity (Wildman–Crippen MR) is 67.5 cm³/mol. The number of halogens is 2. The van der Waals surface area contributed by atoms with Crippen LogP contribution in [0, 0.1) is 17.1 Å². The molecule has 0 amide bonds. The average Bonchev–Trinajstić information content (AvgIpc) is 2.33. The Morgan fingerprint density at radius 1 is 1.39 bits per heavy atom. The topological polar surface area (TPSA) is 71.9 Å². The molecule has 0 aliphatic rings. The van der Waals surface area contributed by atoms with Crippen LogP contribution in [0.4, 0.5) is 10.1 Å². The van der Waals surface area contributed by atoms with Gasteiger partial charge in [-0.25, -0.2) is 9.37 Å². The van der Waals surface area contributed by atoms with Gasteiger partial charge in [0.25, 0.3) is 0 Å². The maximum atomic E-state index is 13.4. The summed E-state index contributed by atoms with van der Waals surface area (Å²) in [6.45, 7) is 0. The SMILES string of the molecule is N#Cc1ccc(Oc2ncc(Br)cc2N)cc1F. The second-order valence-corrected chi connectivity index (χ2v) is 4.32. The van der Waals surface area contributed by atoms with Crippen LogP contribution in [0.1, 0.15) is 5.56 Å². The Bertz CT molecular complexity index is 640. The molecule has 0 aliphatic heterocycles. The molecule has 0 saturated heterocycles. The summed E-state index contributed by atoms with van der Waals surface area (Å²) in [4.78, 5) is 3.96. The van der Waals surface area contributed by atoms with Gasteiger partial charge in [-0.15, -0.1) is 0 Å². The molecule has 0 unspecified atom stereocenters. The fraction of sp³-hybridized carbons (Fsp3) is 0. The van der Waals surface area contributed by atoms with Gasteiger partial charge in [-0.2, -0.15) is 5.26 Å². The van der Waals surface area contributed by atoms with E-state index in [2.05, 4.69) is 20.9 Å². The van der Waals surface area contributed by atoms with E-state index in [4.69, 9.17) is 15.7 Å². The van der Waals surface area contributed by atoms with Crippen LogP contribution in [0.15, 0.2) is 34.9 Å². The molecular formula is C12H7BrFN3O. The third kappa shape index (κ3) is 2.57. The van der Waals surface area contributed by atoms with Crippen molar-refractivity contribution in [1.29, 1.82) is 5.26 Å². The molecule has 0 radical (unpaired) electrons. The number of ether oxygens (including phenoxy) is 1. The van der Waals surface area contributed by atoms with E-state index in [9.17, 15) is 4.39 Å². The minimum atomic E-state index is -0.648. The lowest BCUT2D eigenvalue weighted by Crippen LogP contribution is -1.95. The Labute approximate surface area is 111 Å². The van der Waals surface area contributed by atoms with Crippen LogP contribution in [-0.4, -0.2) is 4.98 Å². The summed E-state index contributed by atoms with van der Waals surface area (Å²) in [5.41, 5.74) is 5.99. The summed E-state index contributed by atoms with van der Waals surface area (Å²) in [6, 6.07) is 7.28. The Morgan fingerprint density at radius 3 is 2.78 bits per heavy atom. The smallest absolute Gasteiger partial charge is 0.242 e. The van der Waals surface area contributed by atoms with Crippen molar-refractivity contribution in [1.82, 2.24) is 4.98 Å². The van der Waals surface area contributed by atoms with Crippen LogP contribution >= 0.6 is 15.9 Å². The van der Waals surface area contributed by atoms with Gasteiger partial charge >= 0.3 is 0 Å². The van der Waals surface area contributed by atoms with Crippen molar-refractivity contribution in [2.24, 2.45) is 0 Å². The lowest BCUT2D eigenvalue weighted by molar-refractivity contribution is 0.460. The highest BCUT2D eigenvalue weighted by molar-refractivity contribution is 9.10. The Balaban J connectivity index is 2.29. The summed E-state index contributed by atoms with van der Waals surface area (Å²) in [5, 5.41) is 8.61. The zero-order valence-electron chi connectivity index (χ0n) is 9.02. The van der Waals surface area contributed by atoms with Gasteiger partial charge < -0.3 is 10.5 Å². The van der Waals surface area contributed by atoms with Gasteiger partial charge in [0.15, 0.2) is 0 Å². The zero-order chi connectivity index (χ0) is 13.1. The highest BCUT2D eigenvalue weighted by atomic mass is 79.9. The predicted octanol–water partition coefficient (Wildman–Crippen LogP) is 3.23. The summed E-state index contributed by atoms with van der Waals surface area (Å²) < 4.78 is 19.4. The largest absolute Gasteiger partial charge is 0.437 e. The normalized spacial score (nSPS) is 9.83. The molecule has 0 aliphatic carbocycles. The molecule has 0 saturated carbocycles. The molecule has 0 atom stereocenters. The zero-order valence-corrected chi connectivity index (χ0v) is 10.6. The number of pyridine rings is 1. The van der Waals surface area contributed by atoms with Crippen LogP contribution in [0.2, 0.25) is 0 Å². The van der Waals surface area contributed by atoms with Gasteiger partial charge in [0.2, 0.25) is 5.88 Å². The maximum Gasteiger partial charge on any atom is 0.242 e. The number of nitrogens with two attached hydrogens (primary N) is 1. The highest BCUT2D eigenvalue weighted by Crippen LogP contribution is 2.27. The number of aromatic nitrogens is 1. The monoisotopic (exact) mass is 307 g/mol. The minimum Gasteiger partial charge on any atom is -0.437 e.